The van der Waals surface area contributed by atoms with E-state index in [-0.39, 0.29) is 11.2 Å². The van der Waals surface area contributed by atoms with Crippen LogP contribution in [0.2, 0.25) is 0 Å². The Balaban J connectivity index is 2.03. The first-order valence-corrected chi connectivity index (χ1v) is 7.37. The summed E-state index contributed by atoms with van der Waals surface area (Å²) in [6, 6.07) is 12.4. The summed E-state index contributed by atoms with van der Waals surface area (Å²) >= 11 is 0. The number of amides is 1. The van der Waals surface area contributed by atoms with Crippen molar-refractivity contribution in [2.24, 2.45) is 0 Å². The van der Waals surface area contributed by atoms with Crippen molar-refractivity contribution in [3.05, 3.63) is 75.1 Å². The Morgan fingerprint density at radius 1 is 1.00 bits per heavy atom. The lowest BCUT2D eigenvalue weighted by atomic mass is 10.1. The molecule has 0 saturated heterocycles. The van der Waals surface area contributed by atoms with Crippen LogP contribution in [0.3, 0.4) is 0 Å². The van der Waals surface area contributed by atoms with Gasteiger partial charge in [-0.2, -0.15) is 0 Å². The fourth-order valence-corrected chi connectivity index (χ4v) is 2.64. The highest BCUT2D eigenvalue weighted by molar-refractivity contribution is 6.03. The molecule has 0 radical (unpaired) electrons. The number of carbonyl (C=O) groups is 1. The zero-order valence-corrected chi connectivity index (χ0v) is 13.3. The molecule has 1 aromatic heterocycles. The van der Waals surface area contributed by atoms with Gasteiger partial charge in [-0.1, -0.05) is 18.2 Å². The third-order valence-corrected chi connectivity index (χ3v) is 3.66. The number of anilines is 1. The van der Waals surface area contributed by atoms with E-state index in [2.05, 4.69) is 5.32 Å². The molecule has 0 fully saturated rings. The number of hydrogen-bond acceptors (Lipinski definition) is 3. The summed E-state index contributed by atoms with van der Waals surface area (Å²) < 4.78 is 5.68. The summed E-state index contributed by atoms with van der Waals surface area (Å²) in [5, 5.41) is 3.25. The van der Waals surface area contributed by atoms with Crippen LogP contribution in [0.4, 0.5) is 5.69 Å². The van der Waals surface area contributed by atoms with Gasteiger partial charge in [0.05, 0.1) is 5.39 Å². The smallest absolute Gasteiger partial charge is 0.291 e. The van der Waals surface area contributed by atoms with Gasteiger partial charge in [0, 0.05) is 11.8 Å². The van der Waals surface area contributed by atoms with Crippen molar-refractivity contribution in [2.45, 2.75) is 20.8 Å². The quantitative estimate of drug-likeness (QED) is 0.779. The molecule has 1 amide bonds. The standard InChI is InChI=1S/C19H17NO3/c1-11-5-4-6-14(8-11)20-19(22)17-10-16(21)15-9-12(2)7-13(3)18(15)23-17/h4-10H,1-3H3,(H,20,22). The number of aryl methyl sites for hydroxylation is 3. The topological polar surface area (TPSA) is 59.3 Å². The van der Waals surface area contributed by atoms with Gasteiger partial charge in [-0.25, -0.2) is 0 Å². The molecule has 0 saturated carbocycles. The Morgan fingerprint density at radius 3 is 2.52 bits per heavy atom. The van der Waals surface area contributed by atoms with Crippen LogP contribution >= 0.6 is 0 Å². The molecular weight excluding hydrogens is 290 g/mol. The number of fused-ring (bicyclic) bond motifs is 1. The summed E-state index contributed by atoms with van der Waals surface area (Å²) in [7, 11) is 0. The molecular formula is C19H17NO3. The van der Waals surface area contributed by atoms with Crippen molar-refractivity contribution >= 4 is 22.6 Å². The predicted molar refractivity (Wildman–Crippen MR) is 91.1 cm³/mol. The van der Waals surface area contributed by atoms with Gasteiger partial charge in [0.15, 0.2) is 11.2 Å². The molecule has 0 atom stereocenters. The number of carbonyl (C=O) groups excluding carboxylic acids is 1. The largest absolute Gasteiger partial charge is 0.450 e. The predicted octanol–water partition coefficient (Wildman–Crippen LogP) is 3.97. The van der Waals surface area contributed by atoms with Crippen LogP contribution in [0, 0.1) is 20.8 Å². The van der Waals surface area contributed by atoms with Gasteiger partial charge in [-0.15, -0.1) is 0 Å². The van der Waals surface area contributed by atoms with Crippen LogP contribution in [0.15, 0.2) is 51.7 Å². The van der Waals surface area contributed by atoms with Crippen molar-refractivity contribution in [1.82, 2.24) is 0 Å². The fraction of sp³-hybridized carbons (Fsp3) is 0.158. The Kier molecular flexibility index (Phi) is 3.74. The summed E-state index contributed by atoms with van der Waals surface area (Å²) in [6.45, 7) is 5.72. The third kappa shape index (κ3) is 3.01. The summed E-state index contributed by atoms with van der Waals surface area (Å²) in [5.41, 5.74) is 3.76. The minimum Gasteiger partial charge on any atom is -0.450 e. The highest BCUT2D eigenvalue weighted by Gasteiger charge is 2.14. The summed E-state index contributed by atoms with van der Waals surface area (Å²) in [4.78, 5) is 24.6. The SMILES string of the molecule is Cc1cccc(NC(=O)c2cc(=O)c3cc(C)cc(C)c3o2)c1. The number of rotatable bonds is 2. The second-order valence-electron chi connectivity index (χ2n) is 5.76. The molecule has 0 spiro atoms. The number of hydrogen-bond donors (Lipinski definition) is 1. The zero-order valence-electron chi connectivity index (χ0n) is 13.3. The molecule has 0 unspecified atom stereocenters. The van der Waals surface area contributed by atoms with Gasteiger partial charge in [0.1, 0.15) is 5.58 Å². The average Bonchev–Trinajstić information content (AvgIpc) is 2.48. The first-order valence-electron chi connectivity index (χ1n) is 7.37. The monoisotopic (exact) mass is 307 g/mol. The minimum absolute atomic E-state index is 0.0101. The molecule has 3 rings (SSSR count). The molecule has 0 aliphatic carbocycles. The molecule has 0 aliphatic rings. The molecule has 4 heteroatoms. The van der Waals surface area contributed by atoms with Crippen molar-refractivity contribution in [3.63, 3.8) is 0 Å². The number of nitrogens with one attached hydrogen (secondary N) is 1. The molecule has 23 heavy (non-hydrogen) atoms. The zero-order chi connectivity index (χ0) is 16.6. The maximum absolute atomic E-state index is 12.4. The Morgan fingerprint density at radius 2 is 1.78 bits per heavy atom. The molecule has 0 aliphatic heterocycles. The van der Waals surface area contributed by atoms with E-state index in [1.54, 1.807) is 12.1 Å². The molecule has 2 aromatic carbocycles. The molecule has 1 heterocycles. The van der Waals surface area contributed by atoms with Gasteiger partial charge in [0.25, 0.3) is 5.91 Å². The van der Waals surface area contributed by atoms with Gasteiger partial charge in [-0.3, -0.25) is 9.59 Å². The highest BCUT2D eigenvalue weighted by Crippen LogP contribution is 2.20. The molecule has 116 valence electrons. The van der Waals surface area contributed by atoms with Gasteiger partial charge in [0.2, 0.25) is 0 Å². The van der Waals surface area contributed by atoms with E-state index in [0.717, 1.165) is 16.7 Å². The maximum Gasteiger partial charge on any atom is 0.291 e. The number of benzene rings is 2. The second-order valence-corrected chi connectivity index (χ2v) is 5.76. The van der Waals surface area contributed by atoms with E-state index in [4.69, 9.17) is 4.42 Å². The van der Waals surface area contributed by atoms with E-state index in [1.807, 2.05) is 45.0 Å². The van der Waals surface area contributed by atoms with Gasteiger partial charge < -0.3 is 9.73 Å². The summed E-state index contributed by atoms with van der Waals surface area (Å²) in [6.07, 6.45) is 0. The van der Waals surface area contributed by atoms with Gasteiger partial charge >= 0.3 is 0 Å². The van der Waals surface area contributed by atoms with Crippen molar-refractivity contribution in [1.29, 1.82) is 0 Å². The van der Waals surface area contributed by atoms with Gasteiger partial charge in [-0.05, 0) is 55.7 Å². The minimum atomic E-state index is -0.436. The van der Waals surface area contributed by atoms with Crippen LogP contribution in [0.25, 0.3) is 11.0 Å². The maximum atomic E-state index is 12.4. The Hall–Kier alpha value is -2.88. The third-order valence-electron chi connectivity index (χ3n) is 3.66. The highest BCUT2D eigenvalue weighted by atomic mass is 16.3. The second kappa shape index (κ2) is 5.72. The fourth-order valence-electron chi connectivity index (χ4n) is 2.64. The lowest BCUT2D eigenvalue weighted by molar-refractivity contribution is 0.0997. The Labute approximate surface area is 133 Å². The van der Waals surface area contributed by atoms with Crippen LogP contribution < -0.4 is 10.7 Å². The van der Waals surface area contributed by atoms with Crippen molar-refractivity contribution < 1.29 is 9.21 Å². The van der Waals surface area contributed by atoms with E-state index in [0.29, 0.717) is 16.7 Å². The van der Waals surface area contributed by atoms with E-state index in [9.17, 15) is 9.59 Å². The van der Waals surface area contributed by atoms with Crippen LogP contribution in [-0.4, -0.2) is 5.91 Å². The molecule has 0 bridgehead atoms. The van der Waals surface area contributed by atoms with Crippen LogP contribution in [0.1, 0.15) is 27.2 Å². The van der Waals surface area contributed by atoms with Crippen molar-refractivity contribution in [2.75, 3.05) is 5.32 Å². The summed E-state index contributed by atoms with van der Waals surface area (Å²) in [5.74, 6) is -0.425. The molecule has 1 N–H and O–H groups in total. The normalized spacial score (nSPS) is 10.7. The van der Waals surface area contributed by atoms with Crippen LogP contribution in [-0.2, 0) is 0 Å². The first kappa shape index (κ1) is 15.0. The Bertz CT molecular complexity index is 970. The molecule has 3 aromatic rings. The lowest BCUT2D eigenvalue weighted by Gasteiger charge is -2.08. The van der Waals surface area contributed by atoms with E-state index in [1.165, 1.54) is 6.07 Å². The van der Waals surface area contributed by atoms with E-state index >= 15 is 0 Å². The van der Waals surface area contributed by atoms with Crippen molar-refractivity contribution in [3.8, 4) is 0 Å². The van der Waals surface area contributed by atoms with Crippen LogP contribution in [0.5, 0.6) is 0 Å². The van der Waals surface area contributed by atoms with E-state index < -0.39 is 5.91 Å². The lowest BCUT2D eigenvalue weighted by Crippen LogP contribution is -2.15. The first-order chi connectivity index (χ1) is 10.9. The average molecular weight is 307 g/mol. The molecule has 4 nitrogen and oxygen atoms in total.